The third kappa shape index (κ3) is 2.69. The third-order valence-corrected chi connectivity index (χ3v) is 3.66. The van der Waals surface area contributed by atoms with Crippen molar-refractivity contribution in [1.82, 2.24) is 14.9 Å². The molecule has 1 aliphatic heterocycles. The van der Waals surface area contributed by atoms with Gasteiger partial charge in [-0.05, 0) is 18.6 Å². The second kappa shape index (κ2) is 5.89. The van der Waals surface area contributed by atoms with Gasteiger partial charge in [0.05, 0.1) is 24.2 Å². The van der Waals surface area contributed by atoms with Gasteiger partial charge in [-0.25, -0.2) is 9.37 Å². The van der Waals surface area contributed by atoms with Crippen molar-refractivity contribution < 1.29 is 9.13 Å². The molecular weight excluding hydrogens is 257 g/mol. The van der Waals surface area contributed by atoms with Crippen LogP contribution in [0.5, 0.6) is 0 Å². The van der Waals surface area contributed by atoms with Crippen LogP contribution < -0.4 is 5.32 Å². The number of benzene rings is 1. The first-order valence-corrected chi connectivity index (χ1v) is 7.23. The number of nitrogens with zero attached hydrogens (tertiary/aromatic N) is 2. The molecule has 1 aromatic carbocycles. The number of imidazole rings is 1. The summed E-state index contributed by atoms with van der Waals surface area (Å²) in [4.78, 5) is 4.61. The Hall–Kier alpha value is -1.46. The highest BCUT2D eigenvalue weighted by Crippen LogP contribution is 2.19. The third-order valence-electron chi connectivity index (χ3n) is 3.66. The summed E-state index contributed by atoms with van der Waals surface area (Å²) in [6.07, 6.45) is 1.85. The van der Waals surface area contributed by atoms with E-state index in [0.29, 0.717) is 12.6 Å². The highest BCUT2D eigenvalue weighted by atomic mass is 19.1. The Balaban J connectivity index is 1.93. The van der Waals surface area contributed by atoms with Crippen LogP contribution in [-0.2, 0) is 17.7 Å². The van der Waals surface area contributed by atoms with E-state index in [4.69, 9.17) is 4.74 Å². The molecule has 1 saturated heterocycles. The second-order valence-electron chi connectivity index (χ2n) is 5.24. The molecule has 108 valence electrons. The maximum Gasteiger partial charge on any atom is 0.125 e. The number of morpholine rings is 1. The molecule has 20 heavy (non-hydrogen) atoms. The van der Waals surface area contributed by atoms with E-state index < -0.39 is 0 Å². The molecule has 2 heterocycles. The number of hydrogen-bond acceptors (Lipinski definition) is 3. The molecule has 0 spiro atoms. The van der Waals surface area contributed by atoms with Crippen LogP contribution >= 0.6 is 0 Å². The predicted molar refractivity (Wildman–Crippen MR) is 76.3 cm³/mol. The molecule has 4 nitrogen and oxygen atoms in total. The number of nitrogens with one attached hydrogen (secondary N) is 1. The zero-order valence-corrected chi connectivity index (χ0v) is 11.7. The van der Waals surface area contributed by atoms with E-state index in [1.54, 1.807) is 0 Å². The summed E-state index contributed by atoms with van der Waals surface area (Å²) < 4.78 is 21.0. The first-order valence-electron chi connectivity index (χ1n) is 7.23. The van der Waals surface area contributed by atoms with Crippen LogP contribution in [-0.4, -0.2) is 35.4 Å². The monoisotopic (exact) mass is 277 g/mol. The van der Waals surface area contributed by atoms with Gasteiger partial charge in [0.1, 0.15) is 11.6 Å². The lowest BCUT2D eigenvalue weighted by molar-refractivity contribution is 0.0761. The maximum absolute atomic E-state index is 13.3. The van der Waals surface area contributed by atoms with Crippen molar-refractivity contribution in [2.24, 2.45) is 0 Å². The summed E-state index contributed by atoms with van der Waals surface area (Å²) in [7, 11) is 0. The van der Waals surface area contributed by atoms with E-state index in [2.05, 4.69) is 21.8 Å². The number of fused-ring (bicyclic) bond motifs is 1. The molecule has 1 aromatic heterocycles. The average molecular weight is 277 g/mol. The maximum atomic E-state index is 13.3. The Morgan fingerprint density at radius 2 is 2.40 bits per heavy atom. The number of ether oxygens (including phenoxy) is 1. The van der Waals surface area contributed by atoms with Crippen LogP contribution in [0.15, 0.2) is 18.2 Å². The van der Waals surface area contributed by atoms with Gasteiger partial charge >= 0.3 is 0 Å². The highest BCUT2D eigenvalue weighted by molar-refractivity contribution is 5.76. The van der Waals surface area contributed by atoms with Gasteiger partial charge in [0.25, 0.3) is 0 Å². The van der Waals surface area contributed by atoms with Crippen LogP contribution in [0, 0.1) is 5.82 Å². The number of rotatable bonds is 4. The molecule has 1 unspecified atom stereocenters. The molecule has 1 atom stereocenters. The highest BCUT2D eigenvalue weighted by Gasteiger charge is 2.18. The lowest BCUT2D eigenvalue weighted by atomic mass is 10.2. The molecule has 5 heteroatoms. The van der Waals surface area contributed by atoms with Gasteiger partial charge in [-0.2, -0.15) is 0 Å². The van der Waals surface area contributed by atoms with Crippen molar-refractivity contribution in [2.75, 3.05) is 19.8 Å². The molecule has 0 radical (unpaired) electrons. The summed E-state index contributed by atoms with van der Waals surface area (Å²) >= 11 is 0. The number of aryl methyl sites for hydroxylation is 1. The fraction of sp³-hybridized carbons (Fsp3) is 0.533. The smallest absolute Gasteiger partial charge is 0.125 e. The molecule has 3 rings (SSSR count). The topological polar surface area (TPSA) is 39.1 Å². The summed E-state index contributed by atoms with van der Waals surface area (Å²) in [5, 5.41) is 3.44. The van der Waals surface area contributed by atoms with Crippen LogP contribution in [0.25, 0.3) is 11.0 Å². The minimum Gasteiger partial charge on any atom is -0.379 e. The standard InChI is InChI=1S/C15H20FN3O/c1-2-6-19-14-4-3-11(16)8-13(14)18-15(19)9-12-10-20-7-5-17-12/h3-4,8,12,17H,2,5-7,9-10H2,1H3. The first kappa shape index (κ1) is 13.5. The van der Waals surface area contributed by atoms with Gasteiger partial charge in [-0.1, -0.05) is 6.92 Å². The zero-order chi connectivity index (χ0) is 13.9. The molecule has 0 aliphatic carbocycles. The lowest BCUT2D eigenvalue weighted by Gasteiger charge is -2.23. The summed E-state index contributed by atoms with van der Waals surface area (Å²) in [5.41, 5.74) is 1.75. The normalized spacial score (nSPS) is 19.6. The largest absolute Gasteiger partial charge is 0.379 e. The average Bonchev–Trinajstić information content (AvgIpc) is 2.77. The lowest BCUT2D eigenvalue weighted by Crippen LogP contribution is -2.43. The van der Waals surface area contributed by atoms with Crippen molar-refractivity contribution >= 4 is 11.0 Å². The Morgan fingerprint density at radius 1 is 1.50 bits per heavy atom. The van der Waals surface area contributed by atoms with E-state index >= 15 is 0 Å². The van der Waals surface area contributed by atoms with Crippen molar-refractivity contribution in [2.45, 2.75) is 32.4 Å². The van der Waals surface area contributed by atoms with Gasteiger partial charge in [-0.3, -0.25) is 0 Å². The Morgan fingerprint density at radius 3 is 3.15 bits per heavy atom. The number of halogens is 1. The minimum atomic E-state index is -0.232. The molecule has 0 saturated carbocycles. The first-order chi connectivity index (χ1) is 9.78. The van der Waals surface area contributed by atoms with Crippen LogP contribution in [0.1, 0.15) is 19.2 Å². The van der Waals surface area contributed by atoms with E-state index in [0.717, 1.165) is 49.4 Å². The van der Waals surface area contributed by atoms with E-state index in [1.165, 1.54) is 12.1 Å². The molecule has 2 aromatic rings. The van der Waals surface area contributed by atoms with Crippen molar-refractivity contribution in [3.8, 4) is 0 Å². The van der Waals surface area contributed by atoms with Gasteiger partial charge < -0.3 is 14.6 Å². The summed E-state index contributed by atoms with van der Waals surface area (Å²) in [6.45, 7) is 5.41. The Bertz CT molecular complexity index is 590. The Labute approximate surface area is 117 Å². The van der Waals surface area contributed by atoms with Crippen molar-refractivity contribution in [3.05, 3.63) is 29.8 Å². The molecule has 0 amide bonds. The van der Waals surface area contributed by atoms with E-state index in [-0.39, 0.29) is 5.82 Å². The van der Waals surface area contributed by atoms with E-state index in [9.17, 15) is 4.39 Å². The molecule has 1 aliphatic rings. The van der Waals surface area contributed by atoms with Crippen LogP contribution in [0.3, 0.4) is 0 Å². The molecular formula is C15H20FN3O. The minimum absolute atomic E-state index is 0.232. The fourth-order valence-corrected chi connectivity index (χ4v) is 2.75. The van der Waals surface area contributed by atoms with Gasteiger partial charge in [-0.15, -0.1) is 0 Å². The van der Waals surface area contributed by atoms with Gasteiger partial charge in [0.15, 0.2) is 0 Å². The predicted octanol–water partition coefficient (Wildman–Crippen LogP) is 2.12. The zero-order valence-electron chi connectivity index (χ0n) is 11.7. The molecule has 0 bridgehead atoms. The Kier molecular flexibility index (Phi) is 3.98. The fourth-order valence-electron chi connectivity index (χ4n) is 2.75. The summed E-state index contributed by atoms with van der Waals surface area (Å²) in [5.74, 6) is 0.778. The molecule has 1 fully saturated rings. The van der Waals surface area contributed by atoms with Crippen LogP contribution in [0.4, 0.5) is 4.39 Å². The second-order valence-corrected chi connectivity index (χ2v) is 5.24. The summed E-state index contributed by atoms with van der Waals surface area (Å²) in [6, 6.07) is 5.13. The van der Waals surface area contributed by atoms with Crippen LogP contribution in [0.2, 0.25) is 0 Å². The van der Waals surface area contributed by atoms with Crippen molar-refractivity contribution in [1.29, 1.82) is 0 Å². The quantitative estimate of drug-likeness (QED) is 0.930. The number of aromatic nitrogens is 2. The van der Waals surface area contributed by atoms with Crippen molar-refractivity contribution in [3.63, 3.8) is 0 Å². The van der Waals surface area contributed by atoms with Gasteiger partial charge in [0.2, 0.25) is 0 Å². The number of hydrogen-bond donors (Lipinski definition) is 1. The molecule has 1 N–H and O–H groups in total. The van der Waals surface area contributed by atoms with E-state index in [1.807, 2.05) is 6.07 Å². The van der Waals surface area contributed by atoms with Gasteiger partial charge in [0, 0.05) is 31.6 Å². The SMILES string of the molecule is CCCn1c(CC2COCCN2)nc2cc(F)ccc21.